The first-order valence-electron chi connectivity index (χ1n) is 8.40. The normalized spacial score (nSPS) is 15.3. The number of aromatic nitrogens is 2. The summed E-state index contributed by atoms with van der Waals surface area (Å²) in [6.07, 6.45) is 3.03. The Kier molecular flexibility index (Phi) is 4.79. The monoisotopic (exact) mass is 340 g/mol. The largest absolute Gasteiger partial charge is 0.465 e. The molecule has 1 heterocycles. The molecule has 2 atom stereocenters. The quantitative estimate of drug-likeness (QED) is 0.669. The van der Waals surface area contributed by atoms with Gasteiger partial charge in [-0.3, -0.25) is 0 Å². The smallest absolute Gasteiger partial charge is 0.196 e. The van der Waals surface area contributed by atoms with Crippen LogP contribution in [0.5, 0.6) is 5.75 Å². The molecule has 0 saturated heterocycles. The van der Waals surface area contributed by atoms with Crippen molar-refractivity contribution in [1.82, 2.24) is 9.97 Å². The van der Waals surface area contributed by atoms with E-state index in [0.717, 1.165) is 22.1 Å². The van der Waals surface area contributed by atoms with Gasteiger partial charge in [0.2, 0.25) is 0 Å². The van der Waals surface area contributed by atoms with Gasteiger partial charge in [-0.1, -0.05) is 32.0 Å². The van der Waals surface area contributed by atoms with E-state index in [0.29, 0.717) is 5.69 Å². The van der Waals surface area contributed by atoms with Crippen molar-refractivity contribution in [3.8, 4) is 5.75 Å². The number of methoxy groups -OCH3 is 1. The molecule has 0 spiro atoms. The highest BCUT2D eigenvalue weighted by molar-refractivity contribution is 5.84. The van der Waals surface area contributed by atoms with Gasteiger partial charge in [-0.15, -0.1) is 0 Å². The first-order chi connectivity index (χ1) is 11.9. The van der Waals surface area contributed by atoms with Crippen LogP contribution in [0.3, 0.4) is 0 Å². The third kappa shape index (κ3) is 3.25. The van der Waals surface area contributed by atoms with Gasteiger partial charge in [0.05, 0.1) is 12.0 Å². The summed E-state index contributed by atoms with van der Waals surface area (Å²) in [7, 11) is 1.61. The van der Waals surface area contributed by atoms with E-state index in [2.05, 4.69) is 9.97 Å². The molecular formula is C20H24N2O3. The van der Waals surface area contributed by atoms with E-state index in [9.17, 15) is 5.11 Å². The number of hydrogen-bond donors (Lipinski definition) is 2. The lowest BCUT2D eigenvalue weighted by Gasteiger charge is -2.31. The van der Waals surface area contributed by atoms with Crippen LogP contribution in [0.2, 0.25) is 0 Å². The highest BCUT2D eigenvalue weighted by Crippen LogP contribution is 2.37. The lowest BCUT2D eigenvalue weighted by molar-refractivity contribution is -0.0381. The standard InChI is InChI=1S/C20H24N2O3/c1-13(2)20(23,19-11-21-12-22-19)17-7-5-16-10-18(25-14(3)24-4)8-6-15(16)9-17/h5-14,23H,1-4H3,(H,21,22). The molecule has 2 unspecified atom stereocenters. The minimum atomic E-state index is -1.14. The maximum absolute atomic E-state index is 11.4. The SMILES string of the molecule is COC(C)Oc1ccc2cc(C(O)(c3c[nH]cn3)C(C)C)ccc2c1. The van der Waals surface area contributed by atoms with Gasteiger partial charge >= 0.3 is 0 Å². The van der Waals surface area contributed by atoms with Crippen LogP contribution in [-0.2, 0) is 10.3 Å². The number of H-pyrrole nitrogens is 1. The van der Waals surface area contributed by atoms with Crippen LogP contribution in [-0.4, -0.2) is 28.5 Å². The van der Waals surface area contributed by atoms with E-state index in [-0.39, 0.29) is 12.2 Å². The minimum absolute atomic E-state index is 0.0293. The average Bonchev–Trinajstić information content (AvgIpc) is 3.15. The molecule has 0 fully saturated rings. The summed E-state index contributed by atoms with van der Waals surface area (Å²) < 4.78 is 10.8. The molecule has 0 bridgehead atoms. The fourth-order valence-corrected chi connectivity index (χ4v) is 3.02. The molecule has 0 radical (unpaired) electrons. The molecule has 5 nitrogen and oxygen atoms in total. The van der Waals surface area contributed by atoms with Crippen molar-refractivity contribution in [2.24, 2.45) is 5.92 Å². The number of ether oxygens (including phenoxy) is 2. The molecule has 0 aliphatic heterocycles. The lowest BCUT2D eigenvalue weighted by Crippen LogP contribution is -2.33. The fourth-order valence-electron chi connectivity index (χ4n) is 3.02. The van der Waals surface area contributed by atoms with Crippen LogP contribution in [0, 0.1) is 5.92 Å². The van der Waals surface area contributed by atoms with Crippen LogP contribution in [0.25, 0.3) is 10.8 Å². The number of nitrogens with zero attached hydrogens (tertiary/aromatic N) is 1. The Balaban J connectivity index is 2.02. The first-order valence-corrected chi connectivity index (χ1v) is 8.40. The van der Waals surface area contributed by atoms with Crippen LogP contribution in [0.15, 0.2) is 48.9 Å². The summed E-state index contributed by atoms with van der Waals surface area (Å²) in [5.74, 6) is 0.722. The van der Waals surface area contributed by atoms with Crippen molar-refractivity contribution in [3.05, 3.63) is 60.2 Å². The summed E-state index contributed by atoms with van der Waals surface area (Å²) in [6.45, 7) is 5.82. The molecule has 5 heteroatoms. The average molecular weight is 340 g/mol. The number of benzene rings is 2. The highest BCUT2D eigenvalue weighted by Gasteiger charge is 2.37. The predicted octanol–water partition coefficient (Wildman–Crippen LogP) is 3.83. The molecule has 2 aromatic carbocycles. The number of fused-ring (bicyclic) bond motifs is 1. The van der Waals surface area contributed by atoms with Gasteiger partial charge in [-0.05, 0) is 47.4 Å². The summed E-state index contributed by atoms with van der Waals surface area (Å²) in [6, 6.07) is 11.8. The van der Waals surface area contributed by atoms with E-state index in [1.54, 1.807) is 19.6 Å². The number of imidazole rings is 1. The highest BCUT2D eigenvalue weighted by atomic mass is 16.7. The Labute approximate surface area is 147 Å². The van der Waals surface area contributed by atoms with Gasteiger partial charge in [0.1, 0.15) is 11.4 Å². The molecule has 0 aliphatic carbocycles. The zero-order chi connectivity index (χ0) is 18.0. The summed E-state index contributed by atoms with van der Waals surface area (Å²) >= 11 is 0. The topological polar surface area (TPSA) is 67.4 Å². The summed E-state index contributed by atoms with van der Waals surface area (Å²) in [4.78, 5) is 7.21. The number of rotatable bonds is 6. The number of hydrogen-bond acceptors (Lipinski definition) is 4. The van der Waals surface area contributed by atoms with Crippen molar-refractivity contribution in [2.45, 2.75) is 32.7 Å². The fraction of sp³-hybridized carbons (Fsp3) is 0.350. The molecule has 3 rings (SSSR count). The summed E-state index contributed by atoms with van der Waals surface area (Å²) in [5.41, 5.74) is 0.297. The van der Waals surface area contributed by atoms with E-state index >= 15 is 0 Å². The lowest BCUT2D eigenvalue weighted by atomic mass is 9.80. The Morgan fingerprint density at radius 3 is 2.44 bits per heavy atom. The molecule has 3 aromatic rings. The molecule has 132 valence electrons. The summed E-state index contributed by atoms with van der Waals surface area (Å²) in [5, 5.41) is 13.4. The van der Waals surface area contributed by atoms with Crippen LogP contribution < -0.4 is 4.74 Å². The van der Waals surface area contributed by atoms with Crippen LogP contribution in [0.4, 0.5) is 0 Å². The van der Waals surface area contributed by atoms with Crippen molar-refractivity contribution >= 4 is 10.8 Å². The van der Waals surface area contributed by atoms with Gasteiger partial charge in [-0.25, -0.2) is 4.98 Å². The number of aromatic amines is 1. The van der Waals surface area contributed by atoms with Gasteiger partial charge in [0, 0.05) is 13.3 Å². The Morgan fingerprint density at radius 1 is 1.08 bits per heavy atom. The molecule has 0 amide bonds. The van der Waals surface area contributed by atoms with E-state index < -0.39 is 5.60 Å². The second-order valence-corrected chi connectivity index (χ2v) is 6.52. The van der Waals surface area contributed by atoms with Gasteiger partial charge in [-0.2, -0.15) is 0 Å². The Hall–Kier alpha value is -2.37. The first kappa shape index (κ1) is 17.5. The second-order valence-electron chi connectivity index (χ2n) is 6.52. The maximum Gasteiger partial charge on any atom is 0.196 e. The Bertz CT molecular complexity index is 845. The second kappa shape index (κ2) is 6.86. The van der Waals surface area contributed by atoms with Crippen LogP contribution >= 0.6 is 0 Å². The van der Waals surface area contributed by atoms with Crippen molar-refractivity contribution in [3.63, 3.8) is 0 Å². The molecule has 2 N–H and O–H groups in total. The number of nitrogens with one attached hydrogen (secondary N) is 1. The van der Waals surface area contributed by atoms with E-state index in [1.807, 2.05) is 57.2 Å². The van der Waals surface area contributed by atoms with E-state index in [4.69, 9.17) is 9.47 Å². The maximum atomic E-state index is 11.4. The molecule has 1 aromatic heterocycles. The van der Waals surface area contributed by atoms with Crippen molar-refractivity contribution < 1.29 is 14.6 Å². The predicted molar refractivity (Wildman–Crippen MR) is 97.5 cm³/mol. The molecule has 0 saturated carbocycles. The van der Waals surface area contributed by atoms with E-state index in [1.165, 1.54) is 0 Å². The zero-order valence-corrected chi connectivity index (χ0v) is 15.0. The Morgan fingerprint density at radius 2 is 1.80 bits per heavy atom. The van der Waals surface area contributed by atoms with Crippen molar-refractivity contribution in [1.29, 1.82) is 0 Å². The van der Waals surface area contributed by atoms with Gasteiger partial charge in [0.25, 0.3) is 0 Å². The molecular weight excluding hydrogens is 316 g/mol. The molecule has 0 aliphatic rings. The van der Waals surface area contributed by atoms with Crippen molar-refractivity contribution in [2.75, 3.05) is 7.11 Å². The zero-order valence-electron chi connectivity index (χ0n) is 15.0. The third-order valence-electron chi connectivity index (χ3n) is 4.61. The number of aliphatic hydroxyl groups is 1. The van der Waals surface area contributed by atoms with Gasteiger partial charge in [0.15, 0.2) is 6.29 Å². The van der Waals surface area contributed by atoms with Crippen LogP contribution in [0.1, 0.15) is 32.0 Å². The molecule has 25 heavy (non-hydrogen) atoms. The minimum Gasteiger partial charge on any atom is -0.465 e. The van der Waals surface area contributed by atoms with Gasteiger partial charge < -0.3 is 19.6 Å². The third-order valence-corrected chi connectivity index (χ3v) is 4.61.